The molecular weight excluding hydrogens is 212 g/mol. The van der Waals surface area contributed by atoms with Gasteiger partial charge in [-0.3, -0.25) is 0 Å². The number of rotatable bonds is 0. The van der Waals surface area contributed by atoms with Gasteiger partial charge in [0.2, 0.25) is 0 Å². The van der Waals surface area contributed by atoms with Gasteiger partial charge in [0.05, 0.1) is 12.3 Å². The molecule has 1 aromatic rings. The molecule has 1 N–H and O–H groups in total. The number of ether oxygens (including phenoxy) is 1. The minimum absolute atomic E-state index is 0.697. The molecule has 0 radical (unpaired) electrons. The number of fused-ring (bicyclic) bond motifs is 2. The number of nitrogens with one attached hydrogen (secondary N) is 1. The molecule has 1 fully saturated rings. The zero-order valence-corrected chi connectivity index (χ0v) is 9.98. The largest absolute Gasteiger partial charge is 0.491 e. The predicted octanol–water partition coefficient (Wildman–Crippen LogP) is 1.59. The van der Waals surface area contributed by atoms with Crippen LogP contribution in [-0.4, -0.2) is 32.8 Å². The highest BCUT2D eigenvalue weighted by Gasteiger charge is 2.38. The van der Waals surface area contributed by atoms with E-state index in [-0.39, 0.29) is 0 Å². The summed E-state index contributed by atoms with van der Waals surface area (Å²) in [7, 11) is 0. The van der Waals surface area contributed by atoms with E-state index in [1.165, 1.54) is 24.3 Å². The minimum Gasteiger partial charge on any atom is -0.491 e. The maximum absolute atomic E-state index is 5.88. The van der Waals surface area contributed by atoms with Crippen LogP contribution < -0.4 is 15.0 Å². The standard InChI is InChI=1S/C14H18N2O/c1-3-11-12-8-15-7-10(12)9-16-5-2-6-17-13(4-1)14(11)16/h1,3-4,10,12,15H,2,5-9H2/t10-,12-/m1/s1. The fraction of sp³-hybridized carbons (Fsp3) is 0.571. The van der Waals surface area contributed by atoms with Gasteiger partial charge in [-0.15, -0.1) is 0 Å². The topological polar surface area (TPSA) is 24.5 Å². The van der Waals surface area contributed by atoms with Crippen molar-refractivity contribution >= 4 is 5.69 Å². The molecule has 17 heavy (non-hydrogen) atoms. The highest BCUT2D eigenvalue weighted by atomic mass is 16.5. The zero-order valence-electron chi connectivity index (χ0n) is 9.98. The van der Waals surface area contributed by atoms with Crippen LogP contribution in [0.5, 0.6) is 5.75 Å². The van der Waals surface area contributed by atoms with Gasteiger partial charge in [0.25, 0.3) is 0 Å². The second-order valence-electron chi connectivity index (χ2n) is 5.37. The quantitative estimate of drug-likeness (QED) is 0.732. The summed E-state index contributed by atoms with van der Waals surface area (Å²) < 4.78 is 5.88. The first-order valence-electron chi connectivity index (χ1n) is 6.65. The Morgan fingerprint density at radius 3 is 3.29 bits per heavy atom. The smallest absolute Gasteiger partial charge is 0.142 e. The third-order valence-electron chi connectivity index (χ3n) is 4.37. The van der Waals surface area contributed by atoms with Crippen molar-refractivity contribution < 1.29 is 4.74 Å². The molecule has 0 saturated carbocycles. The fourth-order valence-electron chi connectivity index (χ4n) is 3.60. The van der Waals surface area contributed by atoms with Crippen molar-refractivity contribution in [2.75, 3.05) is 37.7 Å². The third kappa shape index (κ3) is 1.38. The third-order valence-corrected chi connectivity index (χ3v) is 4.37. The fourth-order valence-corrected chi connectivity index (χ4v) is 3.60. The van der Waals surface area contributed by atoms with Crippen molar-refractivity contribution in [2.45, 2.75) is 12.3 Å². The zero-order chi connectivity index (χ0) is 11.2. The normalized spacial score (nSPS) is 30.2. The summed E-state index contributed by atoms with van der Waals surface area (Å²) in [5.74, 6) is 2.59. The van der Waals surface area contributed by atoms with E-state index < -0.39 is 0 Å². The van der Waals surface area contributed by atoms with Gasteiger partial charge in [-0.25, -0.2) is 0 Å². The molecule has 0 amide bonds. The van der Waals surface area contributed by atoms with Crippen LogP contribution in [0.2, 0.25) is 0 Å². The average molecular weight is 230 g/mol. The van der Waals surface area contributed by atoms with Crippen molar-refractivity contribution in [2.24, 2.45) is 5.92 Å². The van der Waals surface area contributed by atoms with Crippen LogP contribution in [0.4, 0.5) is 5.69 Å². The van der Waals surface area contributed by atoms with E-state index in [9.17, 15) is 0 Å². The summed E-state index contributed by atoms with van der Waals surface area (Å²) in [6, 6.07) is 6.57. The Kier molecular flexibility index (Phi) is 2.09. The first-order valence-corrected chi connectivity index (χ1v) is 6.65. The molecule has 3 nitrogen and oxygen atoms in total. The number of anilines is 1. The van der Waals surface area contributed by atoms with Gasteiger partial charge < -0.3 is 15.0 Å². The average Bonchev–Trinajstić information content (AvgIpc) is 2.73. The van der Waals surface area contributed by atoms with Crippen molar-refractivity contribution in [3.05, 3.63) is 23.8 Å². The number of para-hydroxylation sites is 1. The lowest BCUT2D eigenvalue weighted by molar-refractivity contribution is 0.322. The van der Waals surface area contributed by atoms with E-state index in [4.69, 9.17) is 4.74 Å². The van der Waals surface area contributed by atoms with Crippen molar-refractivity contribution in [1.82, 2.24) is 5.32 Å². The maximum atomic E-state index is 5.88. The lowest BCUT2D eigenvalue weighted by Gasteiger charge is -2.37. The number of hydrogen-bond acceptors (Lipinski definition) is 3. The van der Waals surface area contributed by atoms with E-state index in [1.807, 2.05) is 0 Å². The van der Waals surface area contributed by atoms with E-state index in [0.717, 1.165) is 37.8 Å². The molecule has 3 aliphatic heterocycles. The molecule has 1 saturated heterocycles. The summed E-state index contributed by atoms with van der Waals surface area (Å²) >= 11 is 0. The summed E-state index contributed by atoms with van der Waals surface area (Å²) in [5.41, 5.74) is 2.89. The SMILES string of the molecule is c1cc2c3c(c1)[C@@H]1CNC[C@@H]1CN3CCCO2. The molecule has 0 spiro atoms. The summed E-state index contributed by atoms with van der Waals surface area (Å²) in [6.07, 6.45) is 1.14. The van der Waals surface area contributed by atoms with E-state index in [1.54, 1.807) is 0 Å². The van der Waals surface area contributed by atoms with Gasteiger partial charge in [-0.2, -0.15) is 0 Å². The Hall–Kier alpha value is -1.22. The maximum Gasteiger partial charge on any atom is 0.142 e. The van der Waals surface area contributed by atoms with Crippen molar-refractivity contribution in [3.63, 3.8) is 0 Å². The van der Waals surface area contributed by atoms with Crippen LogP contribution in [0.25, 0.3) is 0 Å². The monoisotopic (exact) mass is 230 g/mol. The van der Waals surface area contributed by atoms with Crippen LogP contribution in [-0.2, 0) is 0 Å². The van der Waals surface area contributed by atoms with Crippen LogP contribution in [0.3, 0.4) is 0 Å². The lowest BCUT2D eigenvalue weighted by atomic mass is 9.83. The van der Waals surface area contributed by atoms with Gasteiger partial charge in [-0.1, -0.05) is 12.1 Å². The second kappa shape index (κ2) is 3.64. The number of hydrogen-bond donors (Lipinski definition) is 1. The van der Waals surface area contributed by atoms with Gasteiger partial charge in [0.1, 0.15) is 5.75 Å². The predicted molar refractivity (Wildman–Crippen MR) is 67.9 cm³/mol. The first-order chi connectivity index (χ1) is 8.43. The van der Waals surface area contributed by atoms with Gasteiger partial charge in [0, 0.05) is 32.1 Å². The molecule has 0 unspecified atom stereocenters. The lowest BCUT2D eigenvalue weighted by Crippen LogP contribution is -2.37. The number of nitrogens with zero attached hydrogens (tertiary/aromatic N) is 1. The minimum atomic E-state index is 0.697. The molecule has 3 heterocycles. The highest BCUT2D eigenvalue weighted by molar-refractivity contribution is 5.67. The summed E-state index contributed by atoms with van der Waals surface area (Å²) in [5, 5.41) is 3.54. The molecule has 90 valence electrons. The van der Waals surface area contributed by atoms with E-state index in [0.29, 0.717) is 5.92 Å². The molecule has 3 heteroatoms. The molecule has 2 atom stereocenters. The van der Waals surface area contributed by atoms with Crippen LogP contribution in [0.1, 0.15) is 17.9 Å². The molecule has 4 rings (SSSR count). The van der Waals surface area contributed by atoms with Crippen LogP contribution in [0, 0.1) is 5.92 Å². The summed E-state index contributed by atoms with van der Waals surface area (Å²) in [4.78, 5) is 2.55. The van der Waals surface area contributed by atoms with Gasteiger partial charge in [0.15, 0.2) is 0 Å². The molecular formula is C14H18N2O. The Morgan fingerprint density at radius 2 is 2.29 bits per heavy atom. The number of benzene rings is 1. The van der Waals surface area contributed by atoms with E-state index >= 15 is 0 Å². The Labute approximate surface area is 102 Å². The second-order valence-corrected chi connectivity index (χ2v) is 5.37. The van der Waals surface area contributed by atoms with Gasteiger partial charge >= 0.3 is 0 Å². The van der Waals surface area contributed by atoms with Crippen molar-refractivity contribution in [3.8, 4) is 5.75 Å². The highest BCUT2D eigenvalue weighted by Crippen LogP contribution is 2.45. The Bertz CT molecular complexity index is 446. The van der Waals surface area contributed by atoms with Crippen LogP contribution in [0.15, 0.2) is 18.2 Å². The first kappa shape index (κ1) is 9.77. The Morgan fingerprint density at radius 1 is 1.29 bits per heavy atom. The Balaban J connectivity index is 1.88. The van der Waals surface area contributed by atoms with Crippen molar-refractivity contribution in [1.29, 1.82) is 0 Å². The molecule has 0 aliphatic carbocycles. The molecule has 0 aromatic heterocycles. The molecule has 3 aliphatic rings. The molecule has 0 bridgehead atoms. The molecule has 1 aromatic carbocycles. The van der Waals surface area contributed by atoms with Crippen LogP contribution >= 0.6 is 0 Å². The van der Waals surface area contributed by atoms with Gasteiger partial charge in [-0.05, 0) is 24.0 Å². The van der Waals surface area contributed by atoms with E-state index in [2.05, 4.69) is 28.4 Å². The summed E-state index contributed by atoms with van der Waals surface area (Å²) in [6.45, 7) is 5.51.